The van der Waals surface area contributed by atoms with Crippen LogP contribution in [0.25, 0.3) is 0 Å². The van der Waals surface area contributed by atoms with Crippen LogP contribution in [0.2, 0.25) is 0 Å². The molecule has 0 saturated heterocycles. The molecule has 27 heavy (non-hydrogen) atoms. The number of carbonyl (C=O) groups is 2. The second kappa shape index (κ2) is 13.0. The summed E-state index contributed by atoms with van der Waals surface area (Å²) in [6, 6.07) is 2.08. The molecule has 0 unspecified atom stereocenters. The number of ether oxygens (including phenoxy) is 1. The van der Waals surface area contributed by atoms with Crippen molar-refractivity contribution in [3.63, 3.8) is 0 Å². The van der Waals surface area contributed by atoms with Crippen molar-refractivity contribution in [3.8, 4) is 17.2 Å². The lowest BCUT2D eigenvalue weighted by molar-refractivity contribution is -0.119. The molecular weight excluding hydrogens is 348 g/mol. The highest BCUT2D eigenvalue weighted by molar-refractivity contribution is 5.91. The van der Waals surface area contributed by atoms with Crippen LogP contribution in [-0.2, 0) is 9.53 Å². The number of phenols is 3. The van der Waals surface area contributed by atoms with Gasteiger partial charge in [-0.3, -0.25) is 4.79 Å². The summed E-state index contributed by atoms with van der Waals surface area (Å²) in [5.74, 6) is -2.20. The Hall–Kier alpha value is -2.24. The van der Waals surface area contributed by atoms with E-state index in [1.807, 2.05) is 0 Å². The van der Waals surface area contributed by atoms with Crippen molar-refractivity contribution >= 4 is 11.8 Å². The lowest BCUT2D eigenvalue weighted by atomic mass is 10.0. The number of Topliss-reactive ketones (excluding diaryl/α,β-unsaturated/α-hetero) is 1. The zero-order valence-electron chi connectivity index (χ0n) is 16.2. The first-order valence-corrected chi connectivity index (χ1v) is 9.89. The van der Waals surface area contributed by atoms with E-state index >= 15 is 0 Å². The molecule has 0 aliphatic heterocycles. The lowest BCUT2D eigenvalue weighted by Gasteiger charge is -2.07. The molecule has 1 rings (SSSR count). The Morgan fingerprint density at radius 2 is 1.33 bits per heavy atom. The number of esters is 1. The predicted molar refractivity (Wildman–Crippen MR) is 103 cm³/mol. The summed E-state index contributed by atoms with van der Waals surface area (Å²) in [4.78, 5) is 23.6. The Labute approximate surface area is 161 Å². The van der Waals surface area contributed by atoms with Crippen molar-refractivity contribution in [1.29, 1.82) is 0 Å². The smallest absolute Gasteiger partial charge is 0.338 e. The fraction of sp³-hybridized carbons (Fsp3) is 0.619. The number of hydrogen-bond acceptors (Lipinski definition) is 6. The topological polar surface area (TPSA) is 104 Å². The molecule has 0 fully saturated rings. The molecule has 6 heteroatoms. The van der Waals surface area contributed by atoms with Gasteiger partial charge in [0, 0.05) is 12.8 Å². The number of carbonyl (C=O) groups excluding carboxylic acids is 2. The van der Waals surface area contributed by atoms with Gasteiger partial charge in [0.1, 0.15) is 5.78 Å². The van der Waals surface area contributed by atoms with Crippen molar-refractivity contribution < 1.29 is 29.6 Å². The van der Waals surface area contributed by atoms with Gasteiger partial charge in [-0.2, -0.15) is 0 Å². The predicted octanol–water partition coefficient (Wildman–Crippen LogP) is 4.84. The molecule has 0 radical (unpaired) electrons. The quantitative estimate of drug-likeness (QED) is 0.242. The molecule has 6 nitrogen and oxygen atoms in total. The summed E-state index contributed by atoms with van der Waals surface area (Å²) in [5.41, 5.74) is -0.0306. The molecule has 0 heterocycles. The molecule has 0 spiro atoms. The van der Waals surface area contributed by atoms with Crippen LogP contribution < -0.4 is 0 Å². The lowest BCUT2D eigenvalue weighted by Crippen LogP contribution is -2.06. The average molecular weight is 380 g/mol. The molecule has 0 aromatic heterocycles. The van der Waals surface area contributed by atoms with Crippen LogP contribution in [0.4, 0.5) is 0 Å². The molecule has 152 valence electrons. The van der Waals surface area contributed by atoms with Crippen molar-refractivity contribution in [1.82, 2.24) is 0 Å². The van der Waals surface area contributed by atoms with Crippen LogP contribution in [-0.4, -0.2) is 33.7 Å². The SMILES string of the molecule is CCCCCCCCC(=O)CCCCCOC(=O)c1cc(O)c(O)c(O)c1. The molecule has 1 aromatic rings. The maximum absolute atomic E-state index is 11.8. The van der Waals surface area contributed by atoms with Gasteiger partial charge < -0.3 is 20.1 Å². The molecule has 0 aliphatic carbocycles. The first-order valence-electron chi connectivity index (χ1n) is 9.89. The minimum atomic E-state index is -0.681. The van der Waals surface area contributed by atoms with Crippen molar-refractivity contribution in [2.24, 2.45) is 0 Å². The average Bonchev–Trinajstić information content (AvgIpc) is 2.64. The van der Waals surface area contributed by atoms with Crippen molar-refractivity contribution in [3.05, 3.63) is 17.7 Å². The summed E-state index contributed by atoms with van der Waals surface area (Å²) in [6.07, 6.45) is 10.5. The third-order valence-corrected chi connectivity index (χ3v) is 4.45. The van der Waals surface area contributed by atoms with E-state index in [2.05, 4.69) is 6.92 Å². The summed E-state index contributed by atoms with van der Waals surface area (Å²) in [7, 11) is 0. The van der Waals surface area contributed by atoms with Crippen LogP contribution in [0.1, 0.15) is 87.9 Å². The standard InChI is InChI=1S/C21H32O6/c1-2-3-4-5-6-8-11-17(22)12-9-7-10-13-27-21(26)16-14-18(23)20(25)19(24)15-16/h14-15,23-25H,2-13H2,1H3. The third kappa shape index (κ3) is 9.31. The number of rotatable bonds is 14. The van der Waals surface area contributed by atoms with Gasteiger partial charge >= 0.3 is 5.97 Å². The molecular formula is C21H32O6. The monoisotopic (exact) mass is 380 g/mol. The maximum atomic E-state index is 11.8. The molecule has 0 saturated carbocycles. The van der Waals surface area contributed by atoms with Gasteiger partial charge in [-0.15, -0.1) is 0 Å². The van der Waals surface area contributed by atoms with E-state index < -0.39 is 23.2 Å². The molecule has 3 N–H and O–H groups in total. The molecule has 0 atom stereocenters. The van der Waals surface area contributed by atoms with Gasteiger partial charge in [0.25, 0.3) is 0 Å². The molecule has 0 aliphatic rings. The van der Waals surface area contributed by atoms with E-state index in [4.69, 9.17) is 4.74 Å². The number of benzene rings is 1. The Balaban J connectivity index is 2.08. The van der Waals surface area contributed by atoms with E-state index in [0.717, 1.165) is 37.8 Å². The minimum Gasteiger partial charge on any atom is -0.504 e. The number of phenolic OH excluding ortho intramolecular Hbond substituents is 3. The Morgan fingerprint density at radius 3 is 1.93 bits per heavy atom. The molecule has 0 amide bonds. The number of hydrogen-bond donors (Lipinski definition) is 3. The van der Waals surface area contributed by atoms with Gasteiger partial charge in [-0.1, -0.05) is 39.0 Å². The van der Waals surface area contributed by atoms with Gasteiger partial charge in [-0.05, 0) is 37.8 Å². The second-order valence-corrected chi connectivity index (χ2v) is 6.87. The Bertz CT molecular complexity index is 573. The highest BCUT2D eigenvalue weighted by atomic mass is 16.5. The van der Waals surface area contributed by atoms with Crippen molar-refractivity contribution in [2.75, 3.05) is 6.61 Å². The van der Waals surface area contributed by atoms with Gasteiger partial charge in [0.15, 0.2) is 17.2 Å². The molecule has 1 aromatic carbocycles. The van der Waals surface area contributed by atoms with Crippen LogP contribution in [0, 0.1) is 0 Å². The summed E-state index contributed by atoms with van der Waals surface area (Å²) in [5, 5.41) is 28.0. The van der Waals surface area contributed by atoms with Gasteiger partial charge in [-0.25, -0.2) is 4.79 Å². The first-order chi connectivity index (χ1) is 13.0. The molecule has 0 bridgehead atoms. The third-order valence-electron chi connectivity index (χ3n) is 4.45. The first kappa shape index (κ1) is 22.8. The van der Waals surface area contributed by atoms with Crippen LogP contribution in [0.15, 0.2) is 12.1 Å². The van der Waals surface area contributed by atoms with Crippen LogP contribution >= 0.6 is 0 Å². The van der Waals surface area contributed by atoms with Gasteiger partial charge in [0.2, 0.25) is 0 Å². The largest absolute Gasteiger partial charge is 0.504 e. The van der Waals surface area contributed by atoms with Gasteiger partial charge in [0.05, 0.1) is 12.2 Å². The normalized spacial score (nSPS) is 10.7. The van der Waals surface area contributed by atoms with E-state index in [0.29, 0.717) is 25.0 Å². The van der Waals surface area contributed by atoms with E-state index in [9.17, 15) is 24.9 Å². The summed E-state index contributed by atoms with van der Waals surface area (Å²) >= 11 is 0. The van der Waals surface area contributed by atoms with Crippen LogP contribution in [0.5, 0.6) is 17.2 Å². The zero-order valence-corrected chi connectivity index (χ0v) is 16.2. The highest BCUT2D eigenvalue weighted by Gasteiger charge is 2.14. The van der Waals surface area contributed by atoms with E-state index in [1.165, 1.54) is 25.7 Å². The minimum absolute atomic E-state index is 0.0306. The van der Waals surface area contributed by atoms with Crippen molar-refractivity contribution in [2.45, 2.75) is 77.6 Å². The summed E-state index contributed by atoms with van der Waals surface area (Å²) < 4.78 is 5.07. The fourth-order valence-electron chi connectivity index (χ4n) is 2.80. The number of ketones is 1. The Kier molecular flexibility index (Phi) is 11.0. The van der Waals surface area contributed by atoms with Crippen LogP contribution in [0.3, 0.4) is 0 Å². The highest BCUT2D eigenvalue weighted by Crippen LogP contribution is 2.35. The number of unbranched alkanes of at least 4 members (excludes halogenated alkanes) is 7. The van der Waals surface area contributed by atoms with E-state index in [1.54, 1.807) is 0 Å². The Morgan fingerprint density at radius 1 is 0.815 bits per heavy atom. The van der Waals surface area contributed by atoms with E-state index in [-0.39, 0.29) is 12.2 Å². The summed E-state index contributed by atoms with van der Waals surface area (Å²) in [6.45, 7) is 2.39. The second-order valence-electron chi connectivity index (χ2n) is 6.87. The number of aromatic hydroxyl groups is 3. The fourth-order valence-corrected chi connectivity index (χ4v) is 2.80. The zero-order chi connectivity index (χ0) is 20.1. The maximum Gasteiger partial charge on any atom is 0.338 e.